The van der Waals surface area contributed by atoms with E-state index in [1.54, 1.807) is 37.6 Å². The first-order valence-electron chi connectivity index (χ1n) is 13.7. The number of benzene rings is 1. The van der Waals surface area contributed by atoms with Gasteiger partial charge in [-0.15, -0.1) is 11.3 Å². The third-order valence-corrected chi connectivity index (χ3v) is 9.45. The molecule has 1 saturated carbocycles. The molecule has 0 aliphatic heterocycles. The predicted octanol–water partition coefficient (Wildman–Crippen LogP) is 5.93. The monoisotopic (exact) mass is 586 g/mol. The van der Waals surface area contributed by atoms with Gasteiger partial charge in [0.05, 0.1) is 39.0 Å². The minimum atomic E-state index is -3.76. The number of hydrogen-bond donors (Lipinski definition) is 3. The Kier molecular flexibility index (Phi) is 9.75. The first kappa shape index (κ1) is 29.9. The summed E-state index contributed by atoms with van der Waals surface area (Å²) in [6.45, 7) is 9.78. The van der Waals surface area contributed by atoms with Crippen molar-refractivity contribution in [2.24, 2.45) is 0 Å². The van der Waals surface area contributed by atoms with E-state index in [0.717, 1.165) is 41.3 Å². The molecule has 1 aromatic carbocycles. The lowest BCUT2D eigenvalue weighted by molar-refractivity contribution is 0.109. The van der Waals surface area contributed by atoms with E-state index < -0.39 is 10.0 Å². The SMILES string of the molecule is CCNS(=O)(=O)c1cc(Nc2cnc(C(C)C)cn2)ccc1-c1cnc([C@H]2CC[C@H](NC(=O)OC(C)C)CC2)s1. The molecule has 4 rings (SSSR count). The number of aromatic nitrogens is 3. The molecule has 3 aromatic rings. The fourth-order valence-electron chi connectivity index (χ4n) is 4.64. The largest absolute Gasteiger partial charge is 0.447 e. The van der Waals surface area contributed by atoms with E-state index in [4.69, 9.17) is 4.74 Å². The Morgan fingerprint density at radius 1 is 1.05 bits per heavy atom. The van der Waals surface area contributed by atoms with Crippen LogP contribution in [-0.2, 0) is 14.8 Å². The van der Waals surface area contributed by atoms with Gasteiger partial charge in [0, 0.05) is 36.0 Å². The number of carbonyl (C=O) groups excluding carboxylic acids is 1. The van der Waals surface area contributed by atoms with E-state index in [9.17, 15) is 13.2 Å². The molecule has 216 valence electrons. The predicted molar refractivity (Wildman–Crippen MR) is 158 cm³/mol. The quantitative estimate of drug-likeness (QED) is 0.266. The van der Waals surface area contributed by atoms with Crippen molar-refractivity contribution in [2.75, 3.05) is 11.9 Å². The van der Waals surface area contributed by atoms with E-state index in [1.165, 1.54) is 11.3 Å². The lowest BCUT2D eigenvalue weighted by Gasteiger charge is -2.28. The fraction of sp³-hybridized carbons (Fsp3) is 0.500. The van der Waals surface area contributed by atoms with Gasteiger partial charge in [0.15, 0.2) is 0 Å². The van der Waals surface area contributed by atoms with Crippen LogP contribution < -0.4 is 15.4 Å². The molecule has 0 spiro atoms. The average Bonchev–Trinajstić information content (AvgIpc) is 3.39. The molecule has 2 aromatic heterocycles. The van der Waals surface area contributed by atoms with Crippen LogP contribution in [0.3, 0.4) is 0 Å². The number of alkyl carbamates (subject to hydrolysis) is 1. The maximum atomic E-state index is 13.2. The van der Waals surface area contributed by atoms with Crippen molar-refractivity contribution in [3.63, 3.8) is 0 Å². The second-order valence-corrected chi connectivity index (χ2v) is 13.3. The molecule has 10 nitrogen and oxygen atoms in total. The lowest BCUT2D eigenvalue weighted by Crippen LogP contribution is -2.38. The van der Waals surface area contributed by atoms with Crippen LogP contribution in [0.4, 0.5) is 16.3 Å². The van der Waals surface area contributed by atoms with Crippen molar-refractivity contribution in [1.29, 1.82) is 0 Å². The van der Waals surface area contributed by atoms with Gasteiger partial charge in [-0.3, -0.25) is 4.98 Å². The molecule has 0 atom stereocenters. The van der Waals surface area contributed by atoms with Gasteiger partial charge in [0.25, 0.3) is 0 Å². The van der Waals surface area contributed by atoms with Crippen molar-refractivity contribution in [3.05, 3.63) is 47.5 Å². The number of ether oxygens (including phenoxy) is 1. The topological polar surface area (TPSA) is 135 Å². The molecule has 1 aliphatic rings. The lowest BCUT2D eigenvalue weighted by atomic mass is 9.86. The third-order valence-electron chi connectivity index (χ3n) is 6.67. The Hall–Kier alpha value is -3.09. The summed E-state index contributed by atoms with van der Waals surface area (Å²) >= 11 is 1.52. The summed E-state index contributed by atoms with van der Waals surface area (Å²) in [6, 6.07) is 5.36. The molecular weight excluding hydrogens is 548 g/mol. The van der Waals surface area contributed by atoms with Gasteiger partial charge in [-0.1, -0.05) is 26.8 Å². The maximum Gasteiger partial charge on any atom is 0.407 e. The summed E-state index contributed by atoms with van der Waals surface area (Å²) in [5.74, 6) is 1.06. The van der Waals surface area contributed by atoms with E-state index in [2.05, 4.69) is 30.3 Å². The summed E-state index contributed by atoms with van der Waals surface area (Å²) in [4.78, 5) is 26.4. The molecular formula is C28H38N6O4S2. The Morgan fingerprint density at radius 2 is 1.80 bits per heavy atom. The van der Waals surface area contributed by atoms with E-state index >= 15 is 0 Å². The number of sulfonamides is 1. The van der Waals surface area contributed by atoms with Crippen molar-refractivity contribution >= 4 is 39.0 Å². The highest BCUT2D eigenvalue weighted by molar-refractivity contribution is 7.89. The van der Waals surface area contributed by atoms with Gasteiger partial charge in [-0.25, -0.2) is 27.9 Å². The van der Waals surface area contributed by atoms with E-state index in [0.29, 0.717) is 17.1 Å². The molecule has 0 radical (unpaired) electrons. The van der Waals surface area contributed by atoms with Crippen LogP contribution in [0.2, 0.25) is 0 Å². The van der Waals surface area contributed by atoms with Crippen LogP contribution in [0.25, 0.3) is 10.4 Å². The summed E-state index contributed by atoms with van der Waals surface area (Å²) in [7, 11) is -3.76. The number of rotatable bonds is 10. The summed E-state index contributed by atoms with van der Waals surface area (Å²) in [6.07, 6.45) is 8.06. The molecule has 3 N–H and O–H groups in total. The van der Waals surface area contributed by atoms with Crippen molar-refractivity contribution in [2.45, 2.75) is 89.2 Å². The molecule has 1 amide bonds. The number of carbonyl (C=O) groups is 1. The van der Waals surface area contributed by atoms with Gasteiger partial charge in [0.2, 0.25) is 10.0 Å². The summed E-state index contributed by atoms with van der Waals surface area (Å²) < 4.78 is 34.3. The average molecular weight is 587 g/mol. The second-order valence-electron chi connectivity index (χ2n) is 10.5. The minimum Gasteiger partial charge on any atom is -0.447 e. The molecule has 0 unspecified atom stereocenters. The minimum absolute atomic E-state index is 0.0881. The summed E-state index contributed by atoms with van der Waals surface area (Å²) in [5.41, 5.74) is 2.08. The molecule has 12 heteroatoms. The van der Waals surface area contributed by atoms with Gasteiger partial charge in [-0.05, 0) is 57.6 Å². The Balaban J connectivity index is 1.52. The van der Waals surface area contributed by atoms with Gasteiger partial charge in [0.1, 0.15) is 5.82 Å². The van der Waals surface area contributed by atoms with Crippen molar-refractivity contribution in [3.8, 4) is 10.4 Å². The standard InChI is InChI=1S/C28H38N6O4S2/c1-6-32-40(36,37)25-13-21(33-26-16-29-23(14-30-26)17(2)3)11-12-22(25)24-15-31-27(39-24)19-7-9-20(10-8-19)34-28(35)38-18(4)5/h11-20,32H,6-10H2,1-5H3,(H,30,33)(H,34,35)/t19-,20-. The fourth-order valence-corrected chi connectivity index (χ4v) is 7.12. The van der Waals surface area contributed by atoms with Crippen LogP contribution in [0.15, 0.2) is 41.7 Å². The van der Waals surface area contributed by atoms with Crippen LogP contribution in [0, 0.1) is 0 Å². The van der Waals surface area contributed by atoms with Crippen LogP contribution in [-0.4, -0.2) is 48.2 Å². The van der Waals surface area contributed by atoms with Gasteiger partial charge < -0.3 is 15.4 Å². The van der Waals surface area contributed by atoms with E-state index in [1.807, 2.05) is 33.8 Å². The zero-order valence-electron chi connectivity index (χ0n) is 23.6. The normalized spacial score (nSPS) is 17.7. The van der Waals surface area contributed by atoms with Gasteiger partial charge in [-0.2, -0.15) is 0 Å². The van der Waals surface area contributed by atoms with Crippen LogP contribution >= 0.6 is 11.3 Å². The number of amides is 1. The number of anilines is 2. The van der Waals surface area contributed by atoms with Crippen molar-refractivity contribution in [1.82, 2.24) is 25.0 Å². The third kappa shape index (κ3) is 7.55. The Bertz CT molecular complexity index is 1400. The molecule has 0 bridgehead atoms. The van der Waals surface area contributed by atoms with Crippen molar-refractivity contribution < 1.29 is 17.9 Å². The van der Waals surface area contributed by atoms with Crippen LogP contribution in [0.1, 0.15) is 82.8 Å². The first-order valence-corrected chi connectivity index (χ1v) is 16.0. The van der Waals surface area contributed by atoms with E-state index in [-0.39, 0.29) is 41.5 Å². The maximum absolute atomic E-state index is 13.2. The highest BCUT2D eigenvalue weighted by Gasteiger charge is 2.27. The highest BCUT2D eigenvalue weighted by atomic mass is 32.2. The number of thiazole rings is 1. The Morgan fingerprint density at radius 3 is 2.42 bits per heavy atom. The number of nitrogens with one attached hydrogen (secondary N) is 3. The van der Waals surface area contributed by atoms with Crippen LogP contribution in [0.5, 0.6) is 0 Å². The summed E-state index contributed by atoms with van der Waals surface area (Å²) in [5, 5.41) is 7.10. The number of nitrogens with zero attached hydrogens (tertiary/aromatic N) is 3. The number of hydrogen-bond acceptors (Lipinski definition) is 9. The van der Waals surface area contributed by atoms with Gasteiger partial charge >= 0.3 is 6.09 Å². The second kappa shape index (κ2) is 13.0. The molecule has 1 fully saturated rings. The Labute approximate surface area is 240 Å². The highest BCUT2D eigenvalue weighted by Crippen LogP contribution is 2.40. The molecule has 40 heavy (non-hydrogen) atoms. The zero-order chi connectivity index (χ0) is 28.9. The molecule has 2 heterocycles. The molecule has 0 saturated heterocycles. The zero-order valence-corrected chi connectivity index (χ0v) is 25.2. The smallest absolute Gasteiger partial charge is 0.407 e. The first-order chi connectivity index (χ1) is 19.1. The molecule has 1 aliphatic carbocycles.